The highest BCUT2D eigenvalue weighted by atomic mass is 16.5. The van der Waals surface area contributed by atoms with Crippen LogP contribution in [0.4, 0.5) is 11.4 Å². The summed E-state index contributed by atoms with van der Waals surface area (Å²) >= 11 is 0. The quantitative estimate of drug-likeness (QED) is 0.0361. The fourth-order valence-electron chi connectivity index (χ4n) is 7.75. The van der Waals surface area contributed by atoms with Gasteiger partial charge in [0.15, 0.2) is 5.69 Å². The molecule has 390 valence electrons. The second-order valence-corrected chi connectivity index (χ2v) is 18.1. The summed E-state index contributed by atoms with van der Waals surface area (Å²) in [5.74, 6) is -5.13. The molecule has 1 aromatic heterocycles. The maximum absolute atomic E-state index is 14.0. The van der Waals surface area contributed by atoms with E-state index in [4.69, 9.17) is 25.4 Å². The molecule has 4 aromatic rings. The number of aliphatic carboxylic acids is 2. The van der Waals surface area contributed by atoms with E-state index in [9.17, 15) is 38.4 Å². The van der Waals surface area contributed by atoms with Crippen LogP contribution in [0.3, 0.4) is 0 Å². The first-order valence-corrected chi connectivity index (χ1v) is 24.3. The molecule has 1 fully saturated rings. The number of aromatic nitrogens is 1. The van der Waals surface area contributed by atoms with Gasteiger partial charge in [-0.15, -0.1) is 0 Å². The Kier molecular flexibility index (Phi) is 21.4. The molecule has 5 amide bonds. The molecule has 0 aliphatic heterocycles. The first-order valence-electron chi connectivity index (χ1n) is 24.3. The van der Waals surface area contributed by atoms with Gasteiger partial charge in [-0.05, 0) is 97.8 Å². The summed E-state index contributed by atoms with van der Waals surface area (Å²) in [7, 11) is 3.59. The number of esters is 1. The van der Waals surface area contributed by atoms with Crippen LogP contribution in [0.5, 0.6) is 5.88 Å². The van der Waals surface area contributed by atoms with Gasteiger partial charge in [0.2, 0.25) is 17.7 Å². The number of nitrogens with two attached hydrogens (primary N) is 1. The SMILES string of the molecule is CCC(CC)N(CCN(C)C(=O)CCC(=O)O)Cc1cccc(C(=O)Nc2ccc(OCC3CC3)nc2C(=O)Nc2ccc(CN(C)Cc3ccc(C(=O)N[C@@H](COC(=O)CCC(=O)O)C(N)=O)cc3)cc2)c1. The third-order valence-electron chi connectivity index (χ3n) is 12.2. The molecular formula is C53H66N8O12. The van der Waals surface area contributed by atoms with E-state index in [1.165, 1.54) is 0 Å². The summed E-state index contributed by atoms with van der Waals surface area (Å²) in [6.07, 6.45) is 2.74. The number of nitrogens with zero attached hydrogens (tertiary/aromatic N) is 4. The van der Waals surface area contributed by atoms with Gasteiger partial charge in [0.05, 0.1) is 31.6 Å². The fraction of sp³-hybridized carbons (Fsp3) is 0.415. The largest absolute Gasteiger partial charge is 0.481 e. The van der Waals surface area contributed by atoms with Gasteiger partial charge < -0.3 is 46.3 Å². The number of primary amides is 1. The van der Waals surface area contributed by atoms with E-state index in [-0.39, 0.29) is 47.6 Å². The molecule has 0 radical (unpaired) electrons. The molecule has 73 heavy (non-hydrogen) atoms. The Morgan fingerprint density at radius 3 is 1.97 bits per heavy atom. The van der Waals surface area contributed by atoms with Crippen LogP contribution in [0.1, 0.15) is 113 Å². The lowest BCUT2D eigenvalue weighted by atomic mass is 10.1. The number of benzene rings is 3. The summed E-state index contributed by atoms with van der Waals surface area (Å²) in [6, 6.07) is 23.3. The van der Waals surface area contributed by atoms with Crippen molar-refractivity contribution in [3.63, 3.8) is 0 Å². The number of carboxylic acids is 2. The molecule has 1 atom stereocenters. The Hall–Kier alpha value is -7.71. The van der Waals surface area contributed by atoms with Crippen LogP contribution in [0.2, 0.25) is 0 Å². The molecule has 5 rings (SSSR count). The molecule has 20 heteroatoms. The van der Waals surface area contributed by atoms with E-state index in [0.29, 0.717) is 56.5 Å². The summed E-state index contributed by atoms with van der Waals surface area (Å²) < 4.78 is 10.8. The van der Waals surface area contributed by atoms with Gasteiger partial charge in [0.1, 0.15) is 12.6 Å². The van der Waals surface area contributed by atoms with Crippen LogP contribution in [0.25, 0.3) is 0 Å². The van der Waals surface area contributed by atoms with Gasteiger partial charge in [0, 0.05) is 75.1 Å². The number of amides is 5. The molecule has 7 N–H and O–H groups in total. The highest BCUT2D eigenvalue weighted by Crippen LogP contribution is 2.30. The van der Waals surface area contributed by atoms with Gasteiger partial charge in [0.25, 0.3) is 17.7 Å². The molecule has 1 aliphatic rings. The normalized spacial score (nSPS) is 12.5. The third-order valence-corrected chi connectivity index (χ3v) is 12.2. The second-order valence-electron chi connectivity index (χ2n) is 18.1. The molecule has 3 aromatic carbocycles. The standard InChI is InChI=1S/C53H66N8O12/c1-5-41(6-2)61(27-26-60(4)45(62)22-23-46(63)64)31-37-8-7-9-39(28-37)52(70)56-42-20-21-44(72-32-36-10-11-36)58-49(42)53(71)55-40-18-14-35(15-19-40)30-59(3)29-34-12-16-38(17-13-34)51(69)57-43(50(54)68)33-73-48(67)25-24-47(65)66/h7-9,12-21,28,36,41,43H,5-6,10-11,22-27,29-33H2,1-4H3,(H2,54,68)(H,55,71)(H,56,70)(H,57,69)(H,63,64)(H,65,66)/t43-/m0/s1. The number of hydrogen-bond donors (Lipinski definition) is 6. The molecule has 0 bridgehead atoms. The van der Waals surface area contributed by atoms with Crippen molar-refractivity contribution in [1.82, 2.24) is 25.0 Å². The number of hydrogen-bond acceptors (Lipinski definition) is 13. The van der Waals surface area contributed by atoms with Crippen molar-refractivity contribution in [3.8, 4) is 5.88 Å². The average molecular weight is 1010 g/mol. The highest BCUT2D eigenvalue weighted by molar-refractivity contribution is 6.11. The van der Waals surface area contributed by atoms with Crippen molar-refractivity contribution in [3.05, 3.63) is 118 Å². The highest BCUT2D eigenvalue weighted by Gasteiger charge is 2.25. The van der Waals surface area contributed by atoms with E-state index >= 15 is 0 Å². The molecule has 0 unspecified atom stereocenters. The molecule has 20 nitrogen and oxygen atoms in total. The third kappa shape index (κ3) is 18.8. The van der Waals surface area contributed by atoms with Crippen LogP contribution in [0.15, 0.2) is 84.9 Å². The number of carbonyl (C=O) groups is 8. The van der Waals surface area contributed by atoms with Crippen molar-refractivity contribution < 1.29 is 58.0 Å². The number of ether oxygens (including phenoxy) is 2. The monoisotopic (exact) mass is 1010 g/mol. The molecule has 1 aliphatic carbocycles. The van der Waals surface area contributed by atoms with E-state index in [2.05, 4.69) is 39.7 Å². The minimum Gasteiger partial charge on any atom is -0.481 e. The Balaban J connectivity index is 1.19. The van der Waals surface area contributed by atoms with Crippen LogP contribution >= 0.6 is 0 Å². The number of rotatable bonds is 30. The number of likely N-dealkylation sites (N-methyl/N-ethyl adjacent to an activating group) is 1. The fourth-order valence-corrected chi connectivity index (χ4v) is 7.75. The minimum atomic E-state index is -1.32. The van der Waals surface area contributed by atoms with Gasteiger partial charge in [-0.2, -0.15) is 0 Å². The number of carboxylic acid groups (broad SMARTS) is 2. The lowest BCUT2D eigenvalue weighted by molar-refractivity contribution is -0.148. The van der Waals surface area contributed by atoms with Crippen molar-refractivity contribution in [2.75, 3.05) is 51.0 Å². The topological polar surface area (TPSA) is 280 Å². The lowest BCUT2D eigenvalue weighted by Crippen LogP contribution is -2.47. The average Bonchev–Trinajstić information content (AvgIpc) is 4.20. The van der Waals surface area contributed by atoms with Gasteiger partial charge in [-0.1, -0.05) is 50.2 Å². The van der Waals surface area contributed by atoms with Gasteiger partial charge in [-0.25, -0.2) is 4.98 Å². The summed E-state index contributed by atoms with van der Waals surface area (Å²) in [6.45, 7) is 6.64. The second kappa shape index (κ2) is 27.8. The Morgan fingerprint density at radius 2 is 1.36 bits per heavy atom. The summed E-state index contributed by atoms with van der Waals surface area (Å²) in [4.78, 5) is 109. The van der Waals surface area contributed by atoms with Crippen LogP contribution in [0, 0.1) is 5.92 Å². The zero-order chi connectivity index (χ0) is 53.0. The van der Waals surface area contributed by atoms with Crippen LogP contribution < -0.4 is 26.4 Å². The summed E-state index contributed by atoms with van der Waals surface area (Å²) in [5, 5.41) is 26.0. The van der Waals surface area contributed by atoms with Crippen molar-refractivity contribution in [2.24, 2.45) is 11.7 Å². The van der Waals surface area contributed by atoms with E-state index in [1.54, 1.807) is 78.7 Å². The number of anilines is 2. The van der Waals surface area contributed by atoms with Crippen molar-refractivity contribution in [2.45, 2.75) is 96.9 Å². The Bertz CT molecular complexity index is 2570. The maximum Gasteiger partial charge on any atom is 0.306 e. The Morgan fingerprint density at radius 1 is 0.712 bits per heavy atom. The molecule has 0 spiro atoms. The van der Waals surface area contributed by atoms with Gasteiger partial charge >= 0.3 is 17.9 Å². The summed E-state index contributed by atoms with van der Waals surface area (Å²) in [5.41, 5.74) is 9.35. The Labute approximate surface area is 424 Å². The van der Waals surface area contributed by atoms with Crippen molar-refractivity contribution >= 4 is 58.8 Å². The van der Waals surface area contributed by atoms with Crippen LogP contribution in [-0.4, -0.2) is 130 Å². The predicted molar refractivity (Wildman–Crippen MR) is 270 cm³/mol. The zero-order valence-corrected chi connectivity index (χ0v) is 41.8. The first-order chi connectivity index (χ1) is 34.9. The van der Waals surface area contributed by atoms with Gasteiger partial charge in [-0.3, -0.25) is 48.2 Å². The smallest absolute Gasteiger partial charge is 0.306 e. The van der Waals surface area contributed by atoms with E-state index in [1.807, 2.05) is 30.1 Å². The minimum absolute atomic E-state index is 0.0322. The first kappa shape index (κ1) is 56.2. The molecular weight excluding hydrogens is 941 g/mol. The van der Waals surface area contributed by atoms with Crippen molar-refractivity contribution in [1.29, 1.82) is 0 Å². The zero-order valence-electron chi connectivity index (χ0n) is 41.8. The number of carbonyl (C=O) groups excluding carboxylic acids is 6. The molecule has 1 heterocycles. The molecule has 1 saturated carbocycles. The van der Waals surface area contributed by atoms with E-state index in [0.717, 1.165) is 42.4 Å². The molecule has 0 saturated heterocycles. The van der Waals surface area contributed by atoms with Crippen LogP contribution in [-0.2, 0) is 48.3 Å². The number of nitrogens with one attached hydrogen (secondary N) is 3. The predicted octanol–water partition coefficient (Wildman–Crippen LogP) is 5.31. The number of pyridine rings is 1. The lowest BCUT2D eigenvalue weighted by Gasteiger charge is -2.32. The van der Waals surface area contributed by atoms with E-state index < -0.39 is 67.0 Å². The maximum atomic E-state index is 14.0.